The number of carbonyl (C=O) groups excluding carboxylic acids is 2. The van der Waals surface area contributed by atoms with E-state index in [9.17, 15) is 9.59 Å². The summed E-state index contributed by atoms with van der Waals surface area (Å²) in [5.74, 6) is 1.52. The van der Waals surface area contributed by atoms with E-state index in [-0.39, 0.29) is 23.7 Å². The van der Waals surface area contributed by atoms with Crippen molar-refractivity contribution in [1.82, 2.24) is 20.2 Å². The number of aromatic nitrogens is 2. The fraction of sp³-hybridized carbons (Fsp3) is 0.455. The molecule has 1 N–H and O–H groups in total. The zero-order valence-electron chi connectivity index (χ0n) is 17.4. The van der Waals surface area contributed by atoms with Crippen molar-refractivity contribution in [3.63, 3.8) is 0 Å². The number of aryl methyl sites for hydroxylation is 1. The van der Waals surface area contributed by atoms with Gasteiger partial charge in [-0.1, -0.05) is 26.0 Å². The fourth-order valence-electron chi connectivity index (χ4n) is 3.50. The lowest BCUT2D eigenvalue weighted by Gasteiger charge is -2.18. The van der Waals surface area contributed by atoms with E-state index in [1.54, 1.807) is 13.3 Å². The molecule has 2 aromatic rings. The Morgan fingerprint density at radius 3 is 2.83 bits per heavy atom. The highest BCUT2D eigenvalue weighted by Crippen LogP contribution is 2.26. The topological polar surface area (TPSA) is 84.4 Å². The first-order valence-corrected chi connectivity index (χ1v) is 9.92. The Morgan fingerprint density at radius 2 is 2.14 bits per heavy atom. The third-order valence-corrected chi connectivity index (χ3v) is 5.19. The minimum absolute atomic E-state index is 0.00735. The molecule has 7 nitrogen and oxygen atoms in total. The first-order chi connectivity index (χ1) is 13.9. The average molecular weight is 396 g/mol. The van der Waals surface area contributed by atoms with Crippen LogP contribution in [0.4, 0.5) is 0 Å². The molecule has 0 aliphatic carbocycles. The summed E-state index contributed by atoms with van der Waals surface area (Å²) in [6.45, 7) is 7.40. The van der Waals surface area contributed by atoms with Crippen molar-refractivity contribution in [3.05, 3.63) is 53.1 Å². The summed E-state index contributed by atoms with van der Waals surface area (Å²) in [7, 11) is 1.61. The van der Waals surface area contributed by atoms with Crippen LogP contribution in [0.2, 0.25) is 0 Å². The van der Waals surface area contributed by atoms with E-state index in [1.165, 1.54) is 0 Å². The summed E-state index contributed by atoms with van der Waals surface area (Å²) in [6, 6.07) is 7.57. The molecule has 1 aromatic heterocycles. The predicted octanol–water partition coefficient (Wildman–Crippen LogP) is 2.70. The van der Waals surface area contributed by atoms with Gasteiger partial charge in [-0.25, -0.2) is 9.97 Å². The van der Waals surface area contributed by atoms with Crippen LogP contribution >= 0.6 is 0 Å². The Bertz CT molecular complexity index is 897. The molecule has 1 aliphatic heterocycles. The van der Waals surface area contributed by atoms with Gasteiger partial charge in [-0.15, -0.1) is 0 Å². The van der Waals surface area contributed by atoms with Crippen LogP contribution in [0.3, 0.4) is 0 Å². The van der Waals surface area contributed by atoms with Gasteiger partial charge in [0.15, 0.2) is 0 Å². The molecular weight excluding hydrogens is 368 g/mol. The number of nitrogens with zero attached hydrogens (tertiary/aromatic N) is 3. The standard InChI is InChI=1S/C22H28N4O3/c1-14(2)22(28)26-9-8-17(13-26)20-23-12-19(15(3)25-20)21(27)24-11-16-6-5-7-18(10-16)29-4/h5-7,10,12,14,17H,8-9,11,13H2,1-4H3,(H,24,27)/t17-/m0/s1. The maximum atomic E-state index is 12.6. The molecule has 2 heterocycles. The quantitative estimate of drug-likeness (QED) is 0.812. The van der Waals surface area contributed by atoms with Crippen molar-refractivity contribution in [2.75, 3.05) is 20.2 Å². The Morgan fingerprint density at radius 1 is 1.34 bits per heavy atom. The molecule has 0 saturated carbocycles. The Hall–Kier alpha value is -2.96. The smallest absolute Gasteiger partial charge is 0.254 e. The number of hydrogen-bond acceptors (Lipinski definition) is 5. The van der Waals surface area contributed by atoms with Crippen LogP contribution in [0.15, 0.2) is 30.5 Å². The number of nitrogens with one attached hydrogen (secondary N) is 1. The van der Waals surface area contributed by atoms with Crippen molar-refractivity contribution in [3.8, 4) is 5.75 Å². The van der Waals surface area contributed by atoms with Crippen LogP contribution in [0.25, 0.3) is 0 Å². The second-order valence-corrected chi connectivity index (χ2v) is 7.69. The Balaban J connectivity index is 1.63. The lowest BCUT2D eigenvalue weighted by Crippen LogP contribution is -2.32. The lowest BCUT2D eigenvalue weighted by atomic mass is 10.1. The first-order valence-electron chi connectivity index (χ1n) is 9.92. The molecule has 0 unspecified atom stereocenters. The third-order valence-electron chi connectivity index (χ3n) is 5.19. The van der Waals surface area contributed by atoms with E-state index in [1.807, 2.05) is 49.9 Å². The number of methoxy groups -OCH3 is 1. The van der Waals surface area contributed by atoms with Crippen molar-refractivity contribution in [1.29, 1.82) is 0 Å². The highest BCUT2D eigenvalue weighted by atomic mass is 16.5. The Labute approximate surface area is 171 Å². The van der Waals surface area contributed by atoms with E-state index in [0.29, 0.717) is 30.2 Å². The maximum absolute atomic E-state index is 12.6. The fourth-order valence-corrected chi connectivity index (χ4v) is 3.50. The van der Waals surface area contributed by atoms with Gasteiger partial charge in [0.25, 0.3) is 5.91 Å². The molecule has 29 heavy (non-hydrogen) atoms. The van der Waals surface area contributed by atoms with Gasteiger partial charge in [-0.05, 0) is 31.0 Å². The molecule has 7 heteroatoms. The second-order valence-electron chi connectivity index (χ2n) is 7.69. The number of amides is 2. The summed E-state index contributed by atoms with van der Waals surface area (Å²) in [6.07, 6.45) is 2.44. The van der Waals surface area contributed by atoms with Gasteiger partial charge in [0.2, 0.25) is 5.91 Å². The Kier molecular flexibility index (Phi) is 6.46. The molecule has 154 valence electrons. The monoisotopic (exact) mass is 396 g/mol. The molecule has 1 aromatic carbocycles. The minimum Gasteiger partial charge on any atom is -0.497 e. The first kappa shape index (κ1) is 20.8. The molecule has 0 bridgehead atoms. The number of ether oxygens (including phenoxy) is 1. The summed E-state index contributed by atoms with van der Waals surface area (Å²) in [4.78, 5) is 35.6. The number of benzene rings is 1. The van der Waals surface area contributed by atoms with Gasteiger partial charge >= 0.3 is 0 Å². The van der Waals surface area contributed by atoms with E-state index < -0.39 is 0 Å². The van der Waals surface area contributed by atoms with E-state index in [2.05, 4.69) is 15.3 Å². The predicted molar refractivity (Wildman–Crippen MR) is 110 cm³/mol. The summed E-state index contributed by atoms with van der Waals surface area (Å²) in [5.41, 5.74) is 2.06. The molecule has 1 aliphatic rings. The minimum atomic E-state index is -0.208. The number of hydrogen-bond donors (Lipinski definition) is 1. The molecule has 1 fully saturated rings. The molecule has 1 atom stereocenters. The van der Waals surface area contributed by atoms with Gasteiger partial charge in [0.05, 0.1) is 18.4 Å². The van der Waals surface area contributed by atoms with Crippen LogP contribution in [-0.4, -0.2) is 46.9 Å². The average Bonchev–Trinajstić information content (AvgIpc) is 3.21. The van der Waals surface area contributed by atoms with E-state index >= 15 is 0 Å². The van der Waals surface area contributed by atoms with Crippen LogP contribution < -0.4 is 10.1 Å². The third kappa shape index (κ3) is 4.91. The molecular formula is C22H28N4O3. The van der Waals surface area contributed by atoms with Crippen LogP contribution in [0.1, 0.15) is 53.6 Å². The lowest BCUT2D eigenvalue weighted by molar-refractivity contribution is -0.133. The number of carbonyl (C=O) groups is 2. The zero-order valence-corrected chi connectivity index (χ0v) is 17.4. The normalized spacial score (nSPS) is 16.2. The van der Waals surface area contributed by atoms with Gasteiger partial charge in [-0.3, -0.25) is 9.59 Å². The molecule has 1 saturated heterocycles. The van der Waals surface area contributed by atoms with Gasteiger partial charge in [0.1, 0.15) is 11.6 Å². The molecule has 2 amide bonds. The van der Waals surface area contributed by atoms with Crippen LogP contribution in [-0.2, 0) is 11.3 Å². The molecule has 0 radical (unpaired) electrons. The highest BCUT2D eigenvalue weighted by Gasteiger charge is 2.30. The van der Waals surface area contributed by atoms with Crippen molar-refractivity contribution in [2.45, 2.75) is 39.7 Å². The summed E-state index contributed by atoms with van der Waals surface area (Å²) < 4.78 is 5.21. The van der Waals surface area contributed by atoms with Crippen LogP contribution in [0.5, 0.6) is 5.75 Å². The number of likely N-dealkylation sites (tertiary alicyclic amines) is 1. The molecule has 3 rings (SSSR count). The van der Waals surface area contributed by atoms with E-state index in [0.717, 1.165) is 24.3 Å². The maximum Gasteiger partial charge on any atom is 0.254 e. The van der Waals surface area contributed by atoms with Gasteiger partial charge in [-0.2, -0.15) is 0 Å². The largest absolute Gasteiger partial charge is 0.497 e. The van der Waals surface area contributed by atoms with Gasteiger partial charge < -0.3 is 15.0 Å². The second kappa shape index (κ2) is 9.03. The van der Waals surface area contributed by atoms with Gasteiger partial charge in [0, 0.05) is 37.7 Å². The zero-order chi connectivity index (χ0) is 21.0. The van der Waals surface area contributed by atoms with E-state index in [4.69, 9.17) is 4.74 Å². The SMILES string of the molecule is COc1cccc(CNC(=O)c2cnc([C@H]3CCN(C(=O)C(C)C)C3)nc2C)c1. The van der Waals surface area contributed by atoms with Crippen LogP contribution in [0, 0.1) is 12.8 Å². The molecule has 0 spiro atoms. The summed E-state index contributed by atoms with van der Waals surface area (Å²) >= 11 is 0. The summed E-state index contributed by atoms with van der Waals surface area (Å²) in [5, 5.41) is 2.90. The van der Waals surface area contributed by atoms with Crippen molar-refractivity contribution >= 4 is 11.8 Å². The number of rotatable bonds is 6. The van der Waals surface area contributed by atoms with Crippen molar-refractivity contribution < 1.29 is 14.3 Å². The highest BCUT2D eigenvalue weighted by molar-refractivity contribution is 5.94. The van der Waals surface area contributed by atoms with Crippen molar-refractivity contribution in [2.24, 2.45) is 5.92 Å².